The lowest BCUT2D eigenvalue weighted by Crippen LogP contribution is -1.92. The van der Waals surface area contributed by atoms with Gasteiger partial charge in [0.1, 0.15) is 29.4 Å². The zero-order valence-electron chi connectivity index (χ0n) is 9.97. The Bertz CT molecular complexity index is 701. The van der Waals surface area contributed by atoms with E-state index in [1.807, 2.05) is 6.07 Å². The summed E-state index contributed by atoms with van der Waals surface area (Å²) in [6.45, 7) is 0.330. The Morgan fingerprint density at radius 3 is 2.63 bits per heavy atom. The lowest BCUT2D eigenvalue weighted by molar-refractivity contribution is 0.274. The molecule has 3 nitrogen and oxygen atoms in total. The molecule has 19 heavy (non-hydrogen) atoms. The highest BCUT2D eigenvalue weighted by Gasteiger charge is 2.05. The minimum absolute atomic E-state index is 0.187. The van der Waals surface area contributed by atoms with Crippen molar-refractivity contribution in [1.29, 1.82) is 0 Å². The van der Waals surface area contributed by atoms with Gasteiger partial charge in [-0.2, -0.15) is 0 Å². The van der Waals surface area contributed by atoms with E-state index in [2.05, 4.69) is 0 Å². The molecular weight excluding hydrogens is 264 g/mol. The van der Waals surface area contributed by atoms with Crippen molar-refractivity contribution >= 4 is 22.6 Å². The van der Waals surface area contributed by atoms with E-state index in [1.54, 1.807) is 42.5 Å². The topological polar surface area (TPSA) is 42.6 Å². The Morgan fingerprint density at radius 1 is 1.05 bits per heavy atom. The van der Waals surface area contributed by atoms with Crippen LogP contribution in [0.1, 0.15) is 5.76 Å². The van der Waals surface area contributed by atoms with Gasteiger partial charge in [-0.05, 0) is 42.5 Å². The number of phenols is 1. The van der Waals surface area contributed by atoms with Crippen LogP contribution in [0.5, 0.6) is 11.5 Å². The number of benzene rings is 2. The molecule has 0 saturated carbocycles. The van der Waals surface area contributed by atoms with Gasteiger partial charge in [-0.15, -0.1) is 0 Å². The highest BCUT2D eigenvalue weighted by molar-refractivity contribution is 6.30. The highest BCUT2D eigenvalue weighted by atomic mass is 35.5. The van der Waals surface area contributed by atoms with Gasteiger partial charge in [0.25, 0.3) is 0 Å². The monoisotopic (exact) mass is 274 g/mol. The molecule has 2 aromatic carbocycles. The molecule has 0 unspecified atom stereocenters. The van der Waals surface area contributed by atoms with Crippen molar-refractivity contribution < 1.29 is 14.3 Å². The smallest absolute Gasteiger partial charge is 0.146 e. The second-order valence-corrected chi connectivity index (χ2v) is 4.61. The lowest BCUT2D eigenvalue weighted by Gasteiger charge is -2.03. The number of rotatable bonds is 3. The van der Waals surface area contributed by atoms with Crippen molar-refractivity contribution in [2.24, 2.45) is 0 Å². The van der Waals surface area contributed by atoms with Crippen molar-refractivity contribution in [2.75, 3.05) is 0 Å². The van der Waals surface area contributed by atoms with Crippen LogP contribution in [0.2, 0.25) is 5.02 Å². The lowest BCUT2D eigenvalue weighted by atomic mass is 10.2. The molecule has 0 aliphatic rings. The van der Waals surface area contributed by atoms with Gasteiger partial charge in [0, 0.05) is 16.5 Å². The summed E-state index contributed by atoms with van der Waals surface area (Å²) in [5.41, 5.74) is 0.648. The normalized spacial score (nSPS) is 10.8. The minimum Gasteiger partial charge on any atom is -0.508 e. The highest BCUT2D eigenvalue weighted by Crippen LogP contribution is 2.24. The molecule has 0 bridgehead atoms. The van der Waals surface area contributed by atoms with Crippen LogP contribution < -0.4 is 4.74 Å². The molecule has 3 aromatic rings. The number of hydrogen-bond acceptors (Lipinski definition) is 3. The summed E-state index contributed by atoms with van der Waals surface area (Å²) >= 11 is 5.80. The summed E-state index contributed by atoms with van der Waals surface area (Å²) in [6, 6.07) is 14.1. The molecule has 1 N–H and O–H groups in total. The first kappa shape index (κ1) is 11.9. The Balaban J connectivity index is 1.76. The zero-order valence-corrected chi connectivity index (χ0v) is 10.7. The van der Waals surface area contributed by atoms with Gasteiger partial charge in [0.2, 0.25) is 0 Å². The zero-order chi connectivity index (χ0) is 13.2. The maximum absolute atomic E-state index is 9.37. The van der Waals surface area contributed by atoms with Crippen LogP contribution in [0.4, 0.5) is 0 Å². The number of aromatic hydroxyl groups is 1. The van der Waals surface area contributed by atoms with Gasteiger partial charge in [-0.3, -0.25) is 0 Å². The molecule has 0 amide bonds. The van der Waals surface area contributed by atoms with E-state index in [1.165, 1.54) is 0 Å². The Labute approximate surface area is 115 Å². The molecule has 1 heterocycles. The molecule has 0 spiro atoms. The maximum Gasteiger partial charge on any atom is 0.146 e. The second-order valence-electron chi connectivity index (χ2n) is 4.18. The van der Waals surface area contributed by atoms with E-state index >= 15 is 0 Å². The largest absolute Gasteiger partial charge is 0.508 e. The summed E-state index contributed by atoms with van der Waals surface area (Å²) in [5, 5.41) is 11.0. The number of fused-ring (bicyclic) bond motifs is 1. The third-order valence-corrected chi connectivity index (χ3v) is 3.00. The molecule has 0 aliphatic heterocycles. The summed E-state index contributed by atoms with van der Waals surface area (Å²) in [6.07, 6.45) is 0. The molecule has 0 atom stereocenters. The van der Waals surface area contributed by atoms with E-state index in [4.69, 9.17) is 20.8 Å². The molecule has 0 saturated heterocycles. The maximum atomic E-state index is 9.37. The first-order valence-electron chi connectivity index (χ1n) is 5.80. The van der Waals surface area contributed by atoms with Crippen LogP contribution in [0.3, 0.4) is 0 Å². The van der Waals surface area contributed by atoms with E-state index in [-0.39, 0.29) is 5.75 Å². The third kappa shape index (κ3) is 2.66. The standard InChI is InChI=1S/C15H11ClO3/c16-11-2-5-13(6-3-11)18-9-14-7-10-1-4-12(17)8-15(10)19-14/h1-8,17H,9H2. The quantitative estimate of drug-likeness (QED) is 0.771. The average molecular weight is 275 g/mol. The molecule has 3 rings (SSSR count). The number of phenolic OH excluding ortho intramolecular Hbond substituents is 1. The summed E-state index contributed by atoms with van der Waals surface area (Å²) in [4.78, 5) is 0. The van der Waals surface area contributed by atoms with E-state index in [9.17, 15) is 5.11 Å². The minimum atomic E-state index is 0.187. The van der Waals surface area contributed by atoms with Crippen molar-refractivity contribution in [1.82, 2.24) is 0 Å². The molecule has 0 radical (unpaired) electrons. The molecule has 1 aromatic heterocycles. The number of furan rings is 1. The summed E-state index contributed by atoms with van der Waals surface area (Å²) in [7, 11) is 0. The Morgan fingerprint density at radius 2 is 1.84 bits per heavy atom. The molecular formula is C15H11ClO3. The van der Waals surface area contributed by atoms with Gasteiger partial charge in [-0.25, -0.2) is 0 Å². The van der Waals surface area contributed by atoms with Crippen molar-refractivity contribution in [3.05, 3.63) is 59.3 Å². The van der Waals surface area contributed by atoms with E-state index < -0.39 is 0 Å². The van der Waals surface area contributed by atoms with Gasteiger partial charge in [0.15, 0.2) is 0 Å². The van der Waals surface area contributed by atoms with Crippen LogP contribution in [-0.4, -0.2) is 5.11 Å². The molecule has 96 valence electrons. The number of ether oxygens (including phenoxy) is 1. The van der Waals surface area contributed by atoms with Crippen LogP contribution in [-0.2, 0) is 6.61 Å². The number of hydrogen-bond donors (Lipinski definition) is 1. The fourth-order valence-electron chi connectivity index (χ4n) is 1.83. The van der Waals surface area contributed by atoms with Gasteiger partial charge >= 0.3 is 0 Å². The Hall–Kier alpha value is -2.13. The van der Waals surface area contributed by atoms with Gasteiger partial charge in [0.05, 0.1) is 0 Å². The van der Waals surface area contributed by atoms with Crippen molar-refractivity contribution in [3.63, 3.8) is 0 Å². The van der Waals surface area contributed by atoms with E-state index in [0.717, 1.165) is 11.1 Å². The first-order chi connectivity index (χ1) is 9.20. The van der Waals surface area contributed by atoms with Gasteiger partial charge in [-0.1, -0.05) is 11.6 Å². The summed E-state index contributed by atoms with van der Waals surface area (Å²) in [5.74, 6) is 1.62. The predicted molar refractivity (Wildman–Crippen MR) is 73.7 cm³/mol. The average Bonchev–Trinajstić information content (AvgIpc) is 2.80. The van der Waals surface area contributed by atoms with Crippen LogP contribution >= 0.6 is 11.6 Å². The van der Waals surface area contributed by atoms with Crippen LogP contribution in [0.15, 0.2) is 52.9 Å². The van der Waals surface area contributed by atoms with E-state index in [0.29, 0.717) is 23.0 Å². The summed E-state index contributed by atoms with van der Waals surface area (Å²) < 4.78 is 11.2. The second kappa shape index (κ2) is 4.86. The molecule has 4 heteroatoms. The van der Waals surface area contributed by atoms with Gasteiger partial charge < -0.3 is 14.3 Å². The predicted octanol–water partition coefficient (Wildman–Crippen LogP) is 4.37. The fourth-order valence-corrected chi connectivity index (χ4v) is 1.96. The van der Waals surface area contributed by atoms with Crippen molar-refractivity contribution in [3.8, 4) is 11.5 Å². The van der Waals surface area contributed by atoms with Crippen molar-refractivity contribution in [2.45, 2.75) is 6.61 Å². The molecule has 0 aliphatic carbocycles. The number of halogens is 1. The fraction of sp³-hybridized carbons (Fsp3) is 0.0667. The first-order valence-corrected chi connectivity index (χ1v) is 6.18. The third-order valence-electron chi connectivity index (χ3n) is 2.75. The SMILES string of the molecule is Oc1ccc2cc(COc3ccc(Cl)cc3)oc2c1. The molecule has 0 fully saturated rings. The van der Waals surface area contributed by atoms with Crippen LogP contribution in [0.25, 0.3) is 11.0 Å². The Kier molecular flexibility index (Phi) is 3.05. The van der Waals surface area contributed by atoms with Crippen LogP contribution in [0, 0.1) is 0 Å².